The van der Waals surface area contributed by atoms with Crippen LogP contribution in [0.4, 0.5) is 0 Å². The molecule has 0 unspecified atom stereocenters. The summed E-state index contributed by atoms with van der Waals surface area (Å²) in [6, 6.07) is 6.46. The first-order chi connectivity index (χ1) is 8.61. The molecular weight excluding hydrogens is 222 g/mol. The number of hydrogen-bond donors (Lipinski definition) is 1. The summed E-state index contributed by atoms with van der Waals surface area (Å²) >= 11 is 0. The van der Waals surface area contributed by atoms with Gasteiger partial charge < -0.3 is 5.32 Å². The van der Waals surface area contributed by atoms with Crippen LogP contribution in [0.1, 0.15) is 22.4 Å². The van der Waals surface area contributed by atoms with Gasteiger partial charge >= 0.3 is 0 Å². The summed E-state index contributed by atoms with van der Waals surface area (Å²) < 4.78 is 2.00. The summed E-state index contributed by atoms with van der Waals surface area (Å²) in [4.78, 5) is 0. The minimum Gasteiger partial charge on any atom is -0.319 e. The molecule has 2 aromatic rings. The molecule has 0 atom stereocenters. The van der Waals surface area contributed by atoms with Crippen LogP contribution >= 0.6 is 0 Å². The maximum atomic E-state index is 4.61. The molecule has 1 aromatic carbocycles. The lowest BCUT2D eigenvalue weighted by atomic mass is 10.1. The van der Waals surface area contributed by atoms with Crippen molar-refractivity contribution >= 4 is 0 Å². The van der Waals surface area contributed by atoms with Crippen LogP contribution in [-0.4, -0.2) is 23.4 Å². The van der Waals surface area contributed by atoms with E-state index in [9.17, 15) is 0 Å². The van der Waals surface area contributed by atoms with Gasteiger partial charge in [0.15, 0.2) is 0 Å². The highest BCUT2D eigenvalue weighted by Crippen LogP contribution is 2.17. The lowest BCUT2D eigenvalue weighted by molar-refractivity contribution is 0.788. The fourth-order valence-electron chi connectivity index (χ4n) is 2.19. The largest absolute Gasteiger partial charge is 0.319 e. The van der Waals surface area contributed by atoms with E-state index >= 15 is 0 Å². The zero-order chi connectivity index (χ0) is 13.1. The Morgan fingerprint density at radius 1 is 1.22 bits per heavy atom. The number of hydrogen-bond acceptors (Lipinski definition) is 2. The van der Waals surface area contributed by atoms with Crippen LogP contribution in [0.25, 0.3) is 5.69 Å². The molecule has 1 heterocycles. The van der Waals surface area contributed by atoms with Crippen LogP contribution in [0.2, 0.25) is 0 Å². The number of nitrogens with zero attached hydrogens (tertiary/aromatic N) is 2. The second-order valence-corrected chi connectivity index (χ2v) is 4.83. The Morgan fingerprint density at radius 2 is 2.00 bits per heavy atom. The van der Waals surface area contributed by atoms with Crippen molar-refractivity contribution < 1.29 is 0 Å². The molecule has 0 fully saturated rings. The van der Waals surface area contributed by atoms with E-state index in [-0.39, 0.29) is 0 Å². The van der Waals surface area contributed by atoms with E-state index in [2.05, 4.69) is 55.6 Å². The molecular formula is C15H21N3. The predicted molar refractivity (Wildman–Crippen MR) is 75.4 cm³/mol. The topological polar surface area (TPSA) is 29.9 Å². The smallest absolute Gasteiger partial charge is 0.0675 e. The molecule has 2 rings (SSSR count). The number of aromatic nitrogens is 2. The Hall–Kier alpha value is -1.61. The van der Waals surface area contributed by atoms with Gasteiger partial charge in [0.2, 0.25) is 0 Å². The summed E-state index contributed by atoms with van der Waals surface area (Å²) in [5.74, 6) is 0. The maximum absolute atomic E-state index is 4.61. The van der Waals surface area contributed by atoms with Gasteiger partial charge in [-0.1, -0.05) is 17.7 Å². The first kappa shape index (κ1) is 12.8. The molecule has 96 valence electrons. The third kappa shape index (κ3) is 2.62. The molecule has 0 bridgehead atoms. The van der Waals surface area contributed by atoms with Crippen LogP contribution in [0, 0.1) is 20.8 Å². The first-order valence-electron chi connectivity index (χ1n) is 6.39. The summed E-state index contributed by atoms with van der Waals surface area (Å²) in [5.41, 5.74) is 6.14. The lowest BCUT2D eigenvalue weighted by Crippen LogP contribution is -2.10. The minimum atomic E-state index is 0.986. The van der Waals surface area contributed by atoms with Crippen molar-refractivity contribution in [3.05, 3.63) is 46.8 Å². The highest BCUT2D eigenvalue weighted by molar-refractivity contribution is 5.42. The molecule has 0 aliphatic rings. The van der Waals surface area contributed by atoms with Crippen molar-refractivity contribution in [1.82, 2.24) is 15.1 Å². The minimum absolute atomic E-state index is 0.986. The van der Waals surface area contributed by atoms with Crippen molar-refractivity contribution in [2.75, 3.05) is 13.6 Å². The van der Waals surface area contributed by atoms with Crippen LogP contribution in [0.5, 0.6) is 0 Å². The Labute approximate surface area is 109 Å². The van der Waals surface area contributed by atoms with E-state index in [0.29, 0.717) is 0 Å². The van der Waals surface area contributed by atoms with Crippen molar-refractivity contribution in [3.8, 4) is 5.69 Å². The molecule has 1 aromatic heterocycles. The van der Waals surface area contributed by atoms with E-state index in [1.165, 1.54) is 22.4 Å². The third-order valence-electron chi connectivity index (χ3n) is 3.24. The monoisotopic (exact) mass is 243 g/mol. The van der Waals surface area contributed by atoms with E-state index in [4.69, 9.17) is 0 Å². The Balaban J connectivity index is 2.33. The van der Waals surface area contributed by atoms with Gasteiger partial charge in [0.25, 0.3) is 0 Å². The molecule has 18 heavy (non-hydrogen) atoms. The molecule has 0 radical (unpaired) electrons. The number of aryl methyl sites for hydroxylation is 3. The van der Waals surface area contributed by atoms with Gasteiger partial charge in [0, 0.05) is 6.20 Å². The SMILES string of the molecule is CNCCc1cn(-c2ccc(C)cc2C)nc1C. The molecule has 0 spiro atoms. The van der Waals surface area contributed by atoms with Crippen molar-refractivity contribution in [1.29, 1.82) is 0 Å². The molecule has 0 saturated carbocycles. The average Bonchev–Trinajstić information content (AvgIpc) is 2.68. The van der Waals surface area contributed by atoms with Gasteiger partial charge in [0.05, 0.1) is 11.4 Å². The molecule has 0 saturated heterocycles. The third-order valence-corrected chi connectivity index (χ3v) is 3.24. The Bertz CT molecular complexity index is 541. The number of likely N-dealkylation sites (N-methyl/N-ethyl adjacent to an activating group) is 1. The first-order valence-corrected chi connectivity index (χ1v) is 6.39. The second-order valence-electron chi connectivity index (χ2n) is 4.83. The highest BCUT2D eigenvalue weighted by Gasteiger charge is 2.07. The quantitative estimate of drug-likeness (QED) is 0.894. The van der Waals surface area contributed by atoms with Gasteiger partial charge in [0.1, 0.15) is 0 Å². The number of benzene rings is 1. The van der Waals surface area contributed by atoms with Crippen molar-refractivity contribution in [2.45, 2.75) is 27.2 Å². The van der Waals surface area contributed by atoms with Gasteiger partial charge in [-0.05, 0) is 58.0 Å². The summed E-state index contributed by atoms with van der Waals surface area (Å²) in [7, 11) is 1.98. The zero-order valence-electron chi connectivity index (χ0n) is 11.6. The van der Waals surface area contributed by atoms with E-state index in [0.717, 1.165) is 18.7 Å². The van der Waals surface area contributed by atoms with Crippen LogP contribution in [-0.2, 0) is 6.42 Å². The number of rotatable bonds is 4. The normalized spacial score (nSPS) is 10.9. The van der Waals surface area contributed by atoms with E-state index < -0.39 is 0 Å². The fraction of sp³-hybridized carbons (Fsp3) is 0.400. The molecule has 3 nitrogen and oxygen atoms in total. The van der Waals surface area contributed by atoms with E-state index in [1.807, 2.05) is 11.7 Å². The van der Waals surface area contributed by atoms with Crippen molar-refractivity contribution in [2.24, 2.45) is 0 Å². The fourth-order valence-corrected chi connectivity index (χ4v) is 2.19. The van der Waals surface area contributed by atoms with Gasteiger partial charge in [-0.3, -0.25) is 0 Å². The standard InChI is InChI=1S/C15H21N3/c1-11-5-6-15(12(2)9-11)18-10-14(7-8-16-4)13(3)17-18/h5-6,9-10,16H,7-8H2,1-4H3. The van der Waals surface area contributed by atoms with Gasteiger partial charge in [-0.2, -0.15) is 5.10 Å². The summed E-state index contributed by atoms with van der Waals surface area (Å²) in [6.07, 6.45) is 3.16. The van der Waals surface area contributed by atoms with Crippen LogP contribution < -0.4 is 5.32 Å². The summed E-state index contributed by atoms with van der Waals surface area (Å²) in [6.45, 7) is 7.31. The Morgan fingerprint density at radius 3 is 2.67 bits per heavy atom. The van der Waals surface area contributed by atoms with Gasteiger partial charge in [-0.25, -0.2) is 4.68 Å². The molecule has 0 amide bonds. The number of nitrogens with one attached hydrogen (secondary N) is 1. The second kappa shape index (κ2) is 5.36. The lowest BCUT2D eigenvalue weighted by Gasteiger charge is -2.06. The van der Waals surface area contributed by atoms with Crippen LogP contribution in [0.15, 0.2) is 24.4 Å². The van der Waals surface area contributed by atoms with Gasteiger partial charge in [-0.15, -0.1) is 0 Å². The summed E-state index contributed by atoms with van der Waals surface area (Å²) in [5, 5.41) is 7.79. The predicted octanol–water partition coefficient (Wildman–Crippen LogP) is 2.56. The molecule has 0 aliphatic heterocycles. The van der Waals surface area contributed by atoms with Crippen molar-refractivity contribution in [3.63, 3.8) is 0 Å². The maximum Gasteiger partial charge on any atom is 0.0675 e. The Kier molecular flexibility index (Phi) is 3.82. The molecule has 1 N–H and O–H groups in total. The molecule has 0 aliphatic carbocycles. The highest BCUT2D eigenvalue weighted by atomic mass is 15.3. The average molecular weight is 243 g/mol. The molecule has 3 heteroatoms. The zero-order valence-corrected chi connectivity index (χ0v) is 11.6. The van der Waals surface area contributed by atoms with E-state index in [1.54, 1.807) is 0 Å². The van der Waals surface area contributed by atoms with Crippen LogP contribution in [0.3, 0.4) is 0 Å².